The second-order valence-electron chi connectivity index (χ2n) is 3.70. The molecule has 0 bridgehead atoms. The number of carbonyl (C=O) groups is 1. The van der Waals surface area contributed by atoms with E-state index in [0.29, 0.717) is 0 Å². The van der Waals surface area contributed by atoms with Crippen LogP contribution >= 0.6 is 0 Å². The Balaban J connectivity index is 3.07. The number of rotatable bonds is 5. The number of hydrogen-bond acceptors (Lipinski definition) is 5. The van der Waals surface area contributed by atoms with E-state index >= 15 is 0 Å². The summed E-state index contributed by atoms with van der Waals surface area (Å²) in [7, 11) is 1.37. The molecule has 98 valence electrons. The van der Waals surface area contributed by atoms with Crippen LogP contribution in [0.15, 0.2) is 18.2 Å². The van der Waals surface area contributed by atoms with Crippen LogP contribution in [-0.4, -0.2) is 35.7 Å². The number of methoxy groups -OCH3 is 1. The summed E-state index contributed by atoms with van der Waals surface area (Å²) in [5.41, 5.74) is -0.135. The SMILES string of the molecule is COc1ccc([N+](=O)[O-])cc1C(=O)N[C@@H](C)CO. The van der Waals surface area contributed by atoms with E-state index in [1.165, 1.54) is 19.2 Å². The summed E-state index contributed by atoms with van der Waals surface area (Å²) in [5.74, 6) is -0.291. The summed E-state index contributed by atoms with van der Waals surface area (Å²) in [5, 5.41) is 22.0. The minimum atomic E-state index is -0.592. The van der Waals surface area contributed by atoms with Crippen LogP contribution in [0.1, 0.15) is 17.3 Å². The molecule has 0 aliphatic heterocycles. The Hall–Kier alpha value is -2.15. The number of aliphatic hydroxyl groups is 1. The van der Waals surface area contributed by atoms with Crippen molar-refractivity contribution in [2.75, 3.05) is 13.7 Å². The van der Waals surface area contributed by atoms with Crippen molar-refractivity contribution in [3.8, 4) is 5.75 Å². The minimum absolute atomic E-state index is 0.0620. The third-order valence-electron chi connectivity index (χ3n) is 2.29. The first kappa shape index (κ1) is 13.9. The van der Waals surface area contributed by atoms with Gasteiger partial charge in [0.05, 0.1) is 24.2 Å². The third kappa shape index (κ3) is 3.17. The zero-order valence-corrected chi connectivity index (χ0v) is 10.0. The second-order valence-corrected chi connectivity index (χ2v) is 3.70. The van der Waals surface area contributed by atoms with Gasteiger partial charge >= 0.3 is 0 Å². The molecule has 1 aromatic carbocycles. The van der Waals surface area contributed by atoms with Crippen LogP contribution in [0.25, 0.3) is 0 Å². The fraction of sp³-hybridized carbons (Fsp3) is 0.364. The van der Waals surface area contributed by atoms with Crippen LogP contribution in [0.5, 0.6) is 5.75 Å². The molecule has 18 heavy (non-hydrogen) atoms. The van der Waals surface area contributed by atoms with Gasteiger partial charge in [0.1, 0.15) is 5.75 Å². The highest BCUT2D eigenvalue weighted by molar-refractivity contribution is 5.97. The molecule has 0 aliphatic rings. The van der Waals surface area contributed by atoms with Crippen LogP contribution in [0.2, 0.25) is 0 Å². The van der Waals surface area contributed by atoms with E-state index < -0.39 is 16.9 Å². The molecule has 0 saturated carbocycles. The predicted octanol–water partition coefficient (Wildman–Crippen LogP) is 0.714. The van der Waals surface area contributed by atoms with Crippen molar-refractivity contribution >= 4 is 11.6 Å². The van der Waals surface area contributed by atoms with Gasteiger partial charge in [-0.1, -0.05) is 0 Å². The molecule has 0 radical (unpaired) electrons. The fourth-order valence-electron chi connectivity index (χ4n) is 1.33. The van der Waals surface area contributed by atoms with Gasteiger partial charge in [0.25, 0.3) is 11.6 Å². The Kier molecular flexibility index (Phi) is 4.61. The molecule has 0 spiro atoms. The number of hydrogen-bond donors (Lipinski definition) is 2. The van der Waals surface area contributed by atoms with Crippen LogP contribution in [0.3, 0.4) is 0 Å². The first-order chi connectivity index (χ1) is 8.49. The zero-order valence-electron chi connectivity index (χ0n) is 10.0. The van der Waals surface area contributed by atoms with Gasteiger partial charge < -0.3 is 15.2 Å². The van der Waals surface area contributed by atoms with Gasteiger partial charge in [-0.15, -0.1) is 0 Å². The molecular weight excluding hydrogens is 240 g/mol. The lowest BCUT2D eigenvalue weighted by Gasteiger charge is -2.12. The standard InChI is InChI=1S/C11H14N2O5/c1-7(6-14)12-11(15)9-5-8(13(16)17)3-4-10(9)18-2/h3-5,7,14H,6H2,1-2H3,(H,12,15)/t7-/m0/s1. The Morgan fingerprint density at radius 1 is 1.61 bits per heavy atom. The number of carbonyl (C=O) groups excluding carboxylic acids is 1. The number of aliphatic hydroxyl groups excluding tert-OH is 1. The van der Waals surface area contributed by atoms with E-state index in [-0.39, 0.29) is 23.6 Å². The van der Waals surface area contributed by atoms with Crippen molar-refractivity contribution in [2.45, 2.75) is 13.0 Å². The lowest BCUT2D eigenvalue weighted by molar-refractivity contribution is -0.384. The summed E-state index contributed by atoms with van der Waals surface area (Å²) in [6, 6.07) is 3.31. The average Bonchev–Trinajstić information content (AvgIpc) is 2.37. The first-order valence-electron chi connectivity index (χ1n) is 5.23. The molecule has 7 heteroatoms. The van der Waals surface area contributed by atoms with Crippen LogP contribution in [-0.2, 0) is 0 Å². The highest BCUT2D eigenvalue weighted by atomic mass is 16.6. The number of ether oxygens (including phenoxy) is 1. The second kappa shape index (κ2) is 5.97. The van der Waals surface area contributed by atoms with Crippen molar-refractivity contribution in [3.05, 3.63) is 33.9 Å². The molecule has 1 aromatic rings. The number of nitro groups is 1. The van der Waals surface area contributed by atoms with Gasteiger partial charge in [-0.05, 0) is 13.0 Å². The molecule has 0 fully saturated rings. The molecule has 1 rings (SSSR count). The maximum absolute atomic E-state index is 11.8. The highest BCUT2D eigenvalue weighted by Gasteiger charge is 2.18. The van der Waals surface area contributed by atoms with Gasteiger partial charge in [-0.2, -0.15) is 0 Å². The Labute approximate surface area is 104 Å². The molecule has 0 saturated heterocycles. The number of nitrogens with one attached hydrogen (secondary N) is 1. The molecular formula is C11H14N2O5. The molecule has 2 N–H and O–H groups in total. The van der Waals surface area contributed by atoms with Crippen molar-refractivity contribution in [1.29, 1.82) is 0 Å². The van der Waals surface area contributed by atoms with Crippen LogP contribution in [0.4, 0.5) is 5.69 Å². The predicted molar refractivity (Wildman–Crippen MR) is 63.7 cm³/mol. The maximum atomic E-state index is 11.8. The van der Waals surface area contributed by atoms with E-state index in [9.17, 15) is 14.9 Å². The van der Waals surface area contributed by atoms with Gasteiger partial charge in [0.2, 0.25) is 0 Å². The third-order valence-corrected chi connectivity index (χ3v) is 2.29. The summed E-state index contributed by atoms with van der Waals surface area (Å²) >= 11 is 0. The largest absolute Gasteiger partial charge is 0.496 e. The normalized spacial score (nSPS) is 11.7. The first-order valence-corrected chi connectivity index (χ1v) is 5.23. The van der Waals surface area contributed by atoms with Crippen molar-refractivity contribution in [1.82, 2.24) is 5.32 Å². The van der Waals surface area contributed by atoms with E-state index in [0.717, 1.165) is 6.07 Å². The number of benzene rings is 1. The minimum Gasteiger partial charge on any atom is -0.496 e. The number of amides is 1. The molecule has 1 amide bonds. The van der Waals surface area contributed by atoms with Crippen molar-refractivity contribution in [2.24, 2.45) is 0 Å². The molecule has 0 unspecified atom stereocenters. The van der Waals surface area contributed by atoms with E-state index in [1.807, 2.05) is 0 Å². The van der Waals surface area contributed by atoms with Gasteiger partial charge in [0, 0.05) is 18.2 Å². The van der Waals surface area contributed by atoms with E-state index in [1.54, 1.807) is 6.92 Å². The summed E-state index contributed by atoms with van der Waals surface area (Å²) < 4.78 is 4.97. The Bertz CT molecular complexity index is 461. The van der Waals surface area contributed by atoms with Crippen LogP contribution < -0.4 is 10.1 Å². The molecule has 0 aliphatic carbocycles. The highest BCUT2D eigenvalue weighted by Crippen LogP contribution is 2.23. The monoisotopic (exact) mass is 254 g/mol. The average molecular weight is 254 g/mol. The summed E-state index contributed by atoms with van der Waals surface area (Å²) in [4.78, 5) is 21.9. The Morgan fingerprint density at radius 3 is 2.78 bits per heavy atom. The van der Waals surface area contributed by atoms with Crippen LogP contribution in [0, 0.1) is 10.1 Å². The number of non-ortho nitro benzene ring substituents is 1. The number of nitrogens with zero attached hydrogens (tertiary/aromatic N) is 1. The zero-order chi connectivity index (χ0) is 13.7. The van der Waals surface area contributed by atoms with Gasteiger partial charge in [-0.3, -0.25) is 14.9 Å². The molecule has 0 aromatic heterocycles. The lowest BCUT2D eigenvalue weighted by Crippen LogP contribution is -2.35. The molecule has 1 atom stereocenters. The quantitative estimate of drug-likeness (QED) is 0.595. The van der Waals surface area contributed by atoms with E-state index in [2.05, 4.69) is 5.32 Å². The topological polar surface area (TPSA) is 102 Å². The molecule has 7 nitrogen and oxygen atoms in total. The van der Waals surface area contributed by atoms with Gasteiger partial charge in [-0.25, -0.2) is 0 Å². The molecule has 0 heterocycles. The fourth-order valence-corrected chi connectivity index (χ4v) is 1.33. The van der Waals surface area contributed by atoms with Gasteiger partial charge in [0.15, 0.2) is 0 Å². The summed E-state index contributed by atoms with van der Waals surface area (Å²) in [6.45, 7) is 1.39. The van der Waals surface area contributed by atoms with Crippen molar-refractivity contribution in [3.63, 3.8) is 0 Å². The van der Waals surface area contributed by atoms with Crippen molar-refractivity contribution < 1.29 is 19.6 Å². The lowest BCUT2D eigenvalue weighted by atomic mass is 10.1. The maximum Gasteiger partial charge on any atom is 0.270 e. The van der Waals surface area contributed by atoms with E-state index in [4.69, 9.17) is 9.84 Å². The number of nitro benzene ring substituents is 1. The Morgan fingerprint density at radius 2 is 2.28 bits per heavy atom. The summed E-state index contributed by atoms with van der Waals surface area (Å²) in [6.07, 6.45) is 0. The smallest absolute Gasteiger partial charge is 0.270 e.